The Kier molecular flexibility index (Phi) is 5.07. The molecule has 2 amide bonds. The van der Waals surface area contributed by atoms with Crippen molar-refractivity contribution in [2.45, 2.75) is 51.7 Å². The van der Waals surface area contributed by atoms with Crippen molar-refractivity contribution in [1.82, 2.24) is 4.90 Å². The molecule has 1 fully saturated rings. The molecule has 0 aromatic heterocycles. The zero-order chi connectivity index (χ0) is 19.7. The third-order valence-electron chi connectivity index (χ3n) is 5.78. The minimum absolute atomic E-state index is 0.0539. The zero-order valence-electron chi connectivity index (χ0n) is 16.4. The number of anilines is 1. The number of amides is 2. The first-order valence-corrected chi connectivity index (χ1v) is 9.98. The molecule has 0 spiro atoms. The number of carbonyl (C=O) groups excluding carboxylic acids is 2. The molecule has 28 heavy (non-hydrogen) atoms. The van der Waals surface area contributed by atoms with Gasteiger partial charge in [0, 0.05) is 17.6 Å². The lowest BCUT2D eigenvalue weighted by molar-refractivity contribution is -0.121. The van der Waals surface area contributed by atoms with Crippen LogP contribution in [0.4, 0.5) is 5.69 Å². The average molecular weight is 378 g/mol. The van der Waals surface area contributed by atoms with Gasteiger partial charge in [0.1, 0.15) is 5.75 Å². The highest BCUT2D eigenvalue weighted by atomic mass is 16.5. The average Bonchev–Trinajstić information content (AvgIpc) is 2.70. The number of piperidine rings is 1. The second kappa shape index (κ2) is 7.66. The molecule has 0 radical (unpaired) electrons. The number of ether oxygens (including phenoxy) is 1. The molecular formula is C23H26N2O3. The van der Waals surface area contributed by atoms with Crippen molar-refractivity contribution in [2.75, 3.05) is 11.5 Å². The maximum absolute atomic E-state index is 13.0. The van der Waals surface area contributed by atoms with Gasteiger partial charge in [-0.3, -0.25) is 9.59 Å². The van der Waals surface area contributed by atoms with Gasteiger partial charge in [0.25, 0.3) is 11.8 Å². The molecule has 0 N–H and O–H groups in total. The number of fused-ring (bicyclic) bond motifs is 1. The largest absolute Gasteiger partial charge is 0.482 e. The lowest BCUT2D eigenvalue weighted by Crippen LogP contribution is -2.47. The molecule has 5 nitrogen and oxygen atoms in total. The number of rotatable bonds is 3. The number of likely N-dealkylation sites (tertiary alicyclic amines) is 1. The molecule has 2 aliphatic heterocycles. The van der Waals surface area contributed by atoms with Gasteiger partial charge in [-0.2, -0.15) is 0 Å². The lowest BCUT2D eigenvalue weighted by atomic mass is 9.96. The van der Waals surface area contributed by atoms with Crippen molar-refractivity contribution < 1.29 is 14.3 Å². The summed E-state index contributed by atoms with van der Waals surface area (Å²) in [4.78, 5) is 29.1. The molecule has 0 bridgehead atoms. The highest BCUT2D eigenvalue weighted by molar-refractivity contribution is 5.98. The van der Waals surface area contributed by atoms with Crippen molar-refractivity contribution in [2.24, 2.45) is 0 Å². The van der Waals surface area contributed by atoms with Gasteiger partial charge < -0.3 is 14.5 Å². The second-order valence-corrected chi connectivity index (χ2v) is 7.77. The first-order chi connectivity index (χ1) is 13.5. The van der Waals surface area contributed by atoms with E-state index in [1.165, 1.54) is 6.42 Å². The van der Waals surface area contributed by atoms with E-state index in [-0.39, 0.29) is 30.5 Å². The Hall–Kier alpha value is -2.82. The van der Waals surface area contributed by atoms with Gasteiger partial charge in [-0.15, -0.1) is 0 Å². The molecule has 146 valence electrons. The van der Waals surface area contributed by atoms with E-state index in [1.807, 2.05) is 53.4 Å². The number of benzene rings is 2. The van der Waals surface area contributed by atoms with Crippen molar-refractivity contribution in [3.8, 4) is 5.75 Å². The van der Waals surface area contributed by atoms with Crippen LogP contribution in [0.3, 0.4) is 0 Å². The van der Waals surface area contributed by atoms with Crippen LogP contribution >= 0.6 is 0 Å². The predicted octanol–water partition coefficient (Wildman–Crippen LogP) is 4.02. The van der Waals surface area contributed by atoms with Gasteiger partial charge in [0.05, 0.1) is 12.2 Å². The van der Waals surface area contributed by atoms with Crippen LogP contribution in [0, 0.1) is 0 Å². The molecule has 1 saturated heterocycles. The van der Waals surface area contributed by atoms with Crippen molar-refractivity contribution in [3.63, 3.8) is 0 Å². The number of hydrogen-bond donors (Lipinski definition) is 0. The molecule has 4 rings (SSSR count). The van der Waals surface area contributed by atoms with Crippen LogP contribution in [0.5, 0.6) is 5.75 Å². The molecule has 2 aromatic rings. The number of carbonyl (C=O) groups is 2. The summed E-state index contributed by atoms with van der Waals surface area (Å²) < 4.78 is 5.50. The summed E-state index contributed by atoms with van der Waals surface area (Å²) in [5, 5.41) is 0. The van der Waals surface area contributed by atoms with Crippen molar-refractivity contribution >= 4 is 17.5 Å². The fourth-order valence-electron chi connectivity index (χ4n) is 4.23. The van der Waals surface area contributed by atoms with Crippen LogP contribution in [0.2, 0.25) is 0 Å². The Morgan fingerprint density at radius 3 is 2.43 bits per heavy atom. The summed E-state index contributed by atoms with van der Waals surface area (Å²) in [6, 6.07) is 15.8. The highest BCUT2D eigenvalue weighted by Gasteiger charge is 2.30. The zero-order valence-corrected chi connectivity index (χ0v) is 16.4. The fraction of sp³-hybridized carbons (Fsp3) is 0.391. The van der Waals surface area contributed by atoms with Crippen LogP contribution in [0.1, 0.15) is 49.0 Å². The normalized spacial score (nSPS) is 21.9. The van der Waals surface area contributed by atoms with E-state index in [1.54, 1.807) is 4.90 Å². The molecule has 2 atom stereocenters. The Balaban J connectivity index is 1.51. The molecule has 2 unspecified atom stereocenters. The van der Waals surface area contributed by atoms with Gasteiger partial charge in [0.15, 0.2) is 6.61 Å². The highest BCUT2D eigenvalue weighted by Crippen LogP contribution is 2.32. The Bertz CT molecular complexity index is 868. The Morgan fingerprint density at radius 2 is 1.71 bits per heavy atom. The lowest BCUT2D eigenvalue weighted by Gasteiger charge is -2.39. The van der Waals surface area contributed by atoms with Gasteiger partial charge in [-0.05, 0) is 62.9 Å². The summed E-state index contributed by atoms with van der Waals surface area (Å²) >= 11 is 0. The van der Waals surface area contributed by atoms with Crippen LogP contribution in [0.15, 0.2) is 48.5 Å². The standard InChI is InChI=1S/C23H26N2O3/c1-16-6-5-7-17(2)25(16)23(27)19-12-10-18(11-13-19)14-24-20-8-3-4-9-21(20)28-15-22(24)26/h3-4,8-13,16-17H,5-7,14-15H2,1-2H3. The van der Waals surface area contributed by atoms with E-state index in [9.17, 15) is 9.59 Å². The Labute approximate surface area is 165 Å². The molecule has 2 aliphatic rings. The summed E-state index contributed by atoms with van der Waals surface area (Å²) in [6.45, 7) is 4.77. The van der Waals surface area contributed by atoms with Crippen molar-refractivity contribution in [1.29, 1.82) is 0 Å². The molecule has 2 aromatic carbocycles. The third-order valence-corrected chi connectivity index (χ3v) is 5.78. The van der Waals surface area contributed by atoms with Crippen LogP contribution in [-0.4, -0.2) is 35.4 Å². The van der Waals surface area contributed by atoms with E-state index in [0.29, 0.717) is 12.1 Å². The molecular weight excluding hydrogens is 352 g/mol. The smallest absolute Gasteiger partial charge is 0.265 e. The SMILES string of the molecule is CC1CCCC(C)N1C(=O)c1ccc(CN2C(=O)COc3ccccc32)cc1. The Morgan fingerprint density at radius 1 is 1.04 bits per heavy atom. The molecule has 0 aliphatic carbocycles. The summed E-state index contributed by atoms with van der Waals surface area (Å²) in [7, 11) is 0. The van der Waals surface area contributed by atoms with E-state index < -0.39 is 0 Å². The first-order valence-electron chi connectivity index (χ1n) is 9.98. The third kappa shape index (κ3) is 3.49. The van der Waals surface area contributed by atoms with Crippen LogP contribution in [-0.2, 0) is 11.3 Å². The second-order valence-electron chi connectivity index (χ2n) is 7.77. The number of hydrogen-bond acceptors (Lipinski definition) is 3. The fourth-order valence-corrected chi connectivity index (χ4v) is 4.23. The van der Waals surface area contributed by atoms with Gasteiger partial charge >= 0.3 is 0 Å². The topological polar surface area (TPSA) is 49.9 Å². The van der Waals surface area contributed by atoms with E-state index in [4.69, 9.17) is 4.74 Å². The number of para-hydroxylation sites is 2. The van der Waals surface area contributed by atoms with Crippen LogP contribution in [0.25, 0.3) is 0 Å². The summed E-state index contributed by atoms with van der Waals surface area (Å²) in [6.07, 6.45) is 3.31. The maximum Gasteiger partial charge on any atom is 0.265 e. The van der Waals surface area contributed by atoms with Gasteiger partial charge in [-0.1, -0.05) is 24.3 Å². The van der Waals surface area contributed by atoms with Gasteiger partial charge in [-0.25, -0.2) is 0 Å². The minimum Gasteiger partial charge on any atom is -0.482 e. The molecule has 2 heterocycles. The predicted molar refractivity (Wildman–Crippen MR) is 109 cm³/mol. The number of nitrogens with zero attached hydrogens (tertiary/aromatic N) is 2. The van der Waals surface area contributed by atoms with Gasteiger partial charge in [0.2, 0.25) is 0 Å². The minimum atomic E-state index is -0.0604. The van der Waals surface area contributed by atoms with Crippen molar-refractivity contribution in [3.05, 3.63) is 59.7 Å². The first kappa shape index (κ1) is 18.5. The molecule has 5 heteroatoms. The van der Waals surface area contributed by atoms with Crippen LogP contribution < -0.4 is 9.64 Å². The van der Waals surface area contributed by atoms with E-state index in [2.05, 4.69) is 13.8 Å². The maximum atomic E-state index is 13.0. The summed E-state index contributed by atoms with van der Waals surface area (Å²) in [5.41, 5.74) is 2.48. The van der Waals surface area contributed by atoms with E-state index >= 15 is 0 Å². The molecule has 0 saturated carbocycles. The monoisotopic (exact) mass is 378 g/mol. The quantitative estimate of drug-likeness (QED) is 0.811. The van der Waals surface area contributed by atoms with E-state index in [0.717, 1.165) is 29.8 Å². The summed E-state index contributed by atoms with van der Waals surface area (Å²) in [5.74, 6) is 0.760.